The molecule has 1 N–H and O–H groups in total. The smallest absolute Gasteiger partial charge is 0.300 e. The lowest BCUT2D eigenvalue weighted by atomic mass is 9.95. The van der Waals surface area contributed by atoms with Crippen LogP contribution in [-0.2, 0) is 9.59 Å². The second-order valence-corrected chi connectivity index (χ2v) is 8.02. The molecule has 1 saturated heterocycles. The standard InChI is InChI=1S/C27H26N2O5/c1-5-34-19-10-8-9-18(15-19)29-23(21-11-6-7-12-28-21)22(25(31)27(29)32)24(30)20-14-16(2)13-17(3)26(20)33-4/h6-15,23,30H,5H2,1-4H3/b24-22+. The fourth-order valence-corrected chi connectivity index (χ4v) is 4.35. The van der Waals surface area contributed by atoms with Crippen LogP contribution in [0.2, 0.25) is 0 Å². The van der Waals surface area contributed by atoms with Gasteiger partial charge in [0.05, 0.1) is 30.5 Å². The summed E-state index contributed by atoms with van der Waals surface area (Å²) in [5.74, 6) is -0.850. The van der Waals surface area contributed by atoms with Crippen molar-refractivity contribution in [3.8, 4) is 11.5 Å². The molecule has 0 spiro atoms. The maximum absolute atomic E-state index is 13.4. The molecule has 1 aliphatic rings. The second-order valence-electron chi connectivity index (χ2n) is 8.02. The highest BCUT2D eigenvalue weighted by Crippen LogP contribution is 2.43. The number of carbonyl (C=O) groups is 2. The van der Waals surface area contributed by atoms with Crippen molar-refractivity contribution in [3.63, 3.8) is 0 Å². The molecule has 0 radical (unpaired) electrons. The first-order valence-electron chi connectivity index (χ1n) is 11.0. The molecule has 1 aromatic heterocycles. The van der Waals surface area contributed by atoms with Gasteiger partial charge < -0.3 is 14.6 Å². The molecule has 1 fully saturated rings. The van der Waals surface area contributed by atoms with Crippen molar-refractivity contribution >= 4 is 23.1 Å². The topological polar surface area (TPSA) is 89.0 Å². The Kier molecular flexibility index (Phi) is 6.36. The third-order valence-corrected chi connectivity index (χ3v) is 5.70. The van der Waals surface area contributed by atoms with Crippen molar-refractivity contribution in [3.05, 3.63) is 88.8 Å². The van der Waals surface area contributed by atoms with Crippen LogP contribution in [0, 0.1) is 13.8 Å². The summed E-state index contributed by atoms with van der Waals surface area (Å²) >= 11 is 0. The molecule has 0 saturated carbocycles. The van der Waals surface area contributed by atoms with E-state index in [4.69, 9.17) is 9.47 Å². The number of benzene rings is 2. The number of anilines is 1. The maximum Gasteiger partial charge on any atom is 0.300 e. The number of rotatable bonds is 6. The largest absolute Gasteiger partial charge is 0.507 e. The van der Waals surface area contributed by atoms with Crippen molar-refractivity contribution < 1.29 is 24.2 Å². The number of pyridine rings is 1. The molecular weight excluding hydrogens is 432 g/mol. The summed E-state index contributed by atoms with van der Waals surface area (Å²) in [6.07, 6.45) is 1.59. The van der Waals surface area contributed by atoms with Gasteiger partial charge in [0, 0.05) is 18.0 Å². The van der Waals surface area contributed by atoms with E-state index in [-0.39, 0.29) is 11.3 Å². The average molecular weight is 459 g/mol. The van der Waals surface area contributed by atoms with E-state index < -0.39 is 17.7 Å². The summed E-state index contributed by atoms with van der Waals surface area (Å²) in [5.41, 5.74) is 2.91. The highest BCUT2D eigenvalue weighted by Gasteiger charge is 2.48. The molecule has 34 heavy (non-hydrogen) atoms. The minimum atomic E-state index is -0.927. The predicted octanol–water partition coefficient (Wildman–Crippen LogP) is 4.73. The van der Waals surface area contributed by atoms with Gasteiger partial charge in [-0.1, -0.05) is 18.2 Å². The van der Waals surface area contributed by atoms with Crippen LogP contribution in [0.25, 0.3) is 5.76 Å². The third-order valence-electron chi connectivity index (χ3n) is 5.70. The number of aliphatic hydroxyl groups is 1. The van der Waals surface area contributed by atoms with Crippen LogP contribution in [0.4, 0.5) is 5.69 Å². The molecule has 174 valence electrons. The fraction of sp³-hybridized carbons (Fsp3) is 0.222. The van der Waals surface area contributed by atoms with E-state index in [2.05, 4.69) is 4.98 Å². The molecule has 0 bridgehead atoms. The number of nitrogens with zero attached hydrogens (tertiary/aromatic N) is 2. The zero-order valence-corrected chi connectivity index (χ0v) is 19.5. The number of amides is 1. The second kappa shape index (κ2) is 9.39. The van der Waals surface area contributed by atoms with Crippen molar-refractivity contribution in [1.29, 1.82) is 0 Å². The SMILES string of the molecule is CCOc1cccc(N2C(=O)C(=O)/C(=C(/O)c3cc(C)cc(C)c3OC)C2c2ccccn2)c1. The van der Waals surface area contributed by atoms with Gasteiger partial charge in [0.15, 0.2) is 0 Å². The van der Waals surface area contributed by atoms with E-state index in [1.807, 2.05) is 26.8 Å². The zero-order chi connectivity index (χ0) is 24.4. The molecule has 1 amide bonds. The molecule has 1 aliphatic heterocycles. The Labute approximate surface area is 198 Å². The Morgan fingerprint density at radius 1 is 1.09 bits per heavy atom. The van der Waals surface area contributed by atoms with E-state index >= 15 is 0 Å². The lowest BCUT2D eigenvalue weighted by Crippen LogP contribution is -2.29. The molecule has 2 aromatic carbocycles. The quantitative estimate of drug-likeness (QED) is 0.326. The molecule has 1 atom stereocenters. The van der Waals surface area contributed by atoms with Crippen LogP contribution in [0.3, 0.4) is 0 Å². The number of Topliss-reactive ketones (excluding diaryl/α,β-unsaturated/α-hetero) is 1. The maximum atomic E-state index is 13.4. The molecule has 1 unspecified atom stereocenters. The van der Waals surface area contributed by atoms with E-state index in [1.165, 1.54) is 12.0 Å². The van der Waals surface area contributed by atoms with Gasteiger partial charge >= 0.3 is 0 Å². The first-order chi connectivity index (χ1) is 16.4. The highest BCUT2D eigenvalue weighted by molar-refractivity contribution is 6.51. The van der Waals surface area contributed by atoms with Crippen LogP contribution in [0.1, 0.15) is 35.3 Å². The Balaban J connectivity index is 1.97. The number of ether oxygens (including phenoxy) is 2. The molecule has 7 heteroatoms. The van der Waals surface area contributed by atoms with Crippen LogP contribution in [0.5, 0.6) is 11.5 Å². The van der Waals surface area contributed by atoms with E-state index in [0.29, 0.717) is 35.1 Å². The van der Waals surface area contributed by atoms with Crippen LogP contribution >= 0.6 is 0 Å². The number of carbonyl (C=O) groups excluding carboxylic acids is 2. The van der Waals surface area contributed by atoms with E-state index in [0.717, 1.165) is 11.1 Å². The molecule has 3 aromatic rings. The van der Waals surface area contributed by atoms with Gasteiger partial charge in [-0.3, -0.25) is 19.5 Å². The Hall–Kier alpha value is -4.13. The van der Waals surface area contributed by atoms with Gasteiger partial charge in [-0.2, -0.15) is 0 Å². The number of aliphatic hydroxyl groups excluding tert-OH is 1. The van der Waals surface area contributed by atoms with Crippen molar-refractivity contribution in [2.45, 2.75) is 26.8 Å². The first kappa shape index (κ1) is 23.0. The van der Waals surface area contributed by atoms with Crippen molar-refractivity contribution in [2.24, 2.45) is 0 Å². The lowest BCUT2D eigenvalue weighted by Gasteiger charge is -2.25. The number of methoxy groups -OCH3 is 1. The summed E-state index contributed by atoms with van der Waals surface area (Å²) in [4.78, 5) is 32.5. The monoisotopic (exact) mass is 458 g/mol. The van der Waals surface area contributed by atoms with Crippen molar-refractivity contribution in [2.75, 3.05) is 18.6 Å². The number of ketones is 1. The fourth-order valence-electron chi connectivity index (χ4n) is 4.35. The minimum Gasteiger partial charge on any atom is -0.507 e. The van der Waals surface area contributed by atoms with Crippen LogP contribution < -0.4 is 14.4 Å². The van der Waals surface area contributed by atoms with Crippen molar-refractivity contribution in [1.82, 2.24) is 4.98 Å². The normalized spacial score (nSPS) is 17.2. The molecule has 4 rings (SSSR count). The summed E-state index contributed by atoms with van der Waals surface area (Å²) < 4.78 is 11.1. The predicted molar refractivity (Wildman–Crippen MR) is 129 cm³/mol. The van der Waals surface area contributed by atoms with Gasteiger partial charge in [0.2, 0.25) is 0 Å². The summed E-state index contributed by atoms with van der Waals surface area (Å²) in [6, 6.07) is 14.9. The van der Waals surface area contributed by atoms with E-state index in [9.17, 15) is 14.7 Å². The molecule has 2 heterocycles. The third kappa shape index (κ3) is 4.01. The number of hydrogen-bond acceptors (Lipinski definition) is 6. The van der Waals surface area contributed by atoms with E-state index in [1.54, 1.807) is 54.7 Å². The van der Waals surface area contributed by atoms with Gasteiger partial charge in [-0.05, 0) is 62.2 Å². The van der Waals surface area contributed by atoms with Gasteiger partial charge in [-0.25, -0.2) is 0 Å². The first-order valence-corrected chi connectivity index (χ1v) is 11.0. The van der Waals surface area contributed by atoms with Crippen LogP contribution in [-0.4, -0.2) is 35.5 Å². The van der Waals surface area contributed by atoms with Crippen LogP contribution in [0.15, 0.2) is 66.4 Å². The highest BCUT2D eigenvalue weighted by atomic mass is 16.5. The molecule has 0 aliphatic carbocycles. The summed E-state index contributed by atoms with van der Waals surface area (Å²) in [7, 11) is 1.50. The molecule has 7 nitrogen and oxygen atoms in total. The Bertz CT molecular complexity index is 1280. The van der Waals surface area contributed by atoms with Gasteiger partial charge in [-0.15, -0.1) is 0 Å². The summed E-state index contributed by atoms with van der Waals surface area (Å²) in [6.45, 7) is 6.07. The molecular formula is C27H26N2O5. The number of hydrogen-bond donors (Lipinski definition) is 1. The lowest BCUT2D eigenvalue weighted by molar-refractivity contribution is -0.132. The Morgan fingerprint density at radius 3 is 2.56 bits per heavy atom. The summed E-state index contributed by atoms with van der Waals surface area (Å²) in [5, 5.41) is 11.5. The van der Waals surface area contributed by atoms with Gasteiger partial charge in [0.1, 0.15) is 23.3 Å². The minimum absolute atomic E-state index is 0.0474. The zero-order valence-electron chi connectivity index (χ0n) is 19.5. The average Bonchev–Trinajstić information content (AvgIpc) is 3.09. The Morgan fingerprint density at radius 2 is 1.88 bits per heavy atom. The number of aromatic nitrogens is 1. The van der Waals surface area contributed by atoms with Gasteiger partial charge in [0.25, 0.3) is 11.7 Å². The number of aryl methyl sites for hydroxylation is 2.